The van der Waals surface area contributed by atoms with Gasteiger partial charge in [0.05, 0.1) is 5.69 Å². The van der Waals surface area contributed by atoms with E-state index in [1.165, 1.54) is 4.68 Å². The minimum Gasteiger partial charge on any atom is -0.354 e. The van der Waals surface area contributed by atoms with Crippen LogP contribution in [0.4, 0.5) is 0 Å². The number of fused-ring (bicyclic) bond motifs is 2. The number of pyridine rings is 1. The van der Waals surface area contributed by atoms with Crippen LogP contribution in [0.1, 0.15) is 36.3 Å². The van der Waals surface area contributed by atoms with E-state index in [4.69, 9.17) is 0 Å². The van der Waals surface area contributed by atoms with E-state index in [2.05, 4.69) is 20.6 Å². The molecule has 0 aliphatic heterocycles. The summed E-state index contributed by atoms with van der Waals surface area (Å²) in [4.78, 5) is 24.5. The molecule has 0 unspecified atom stereocenters. The Bertz CT molecular complexity index is 1020. The maximum absolute atomic E-state index is 12.2. The van der Waals surface area contributed by atoms with Crippen molar-refractivity contribution in [1.82, 2.24) is 29.7 Å². The normalized spacial score (nSPS) is 13.9. The summed E-state index contributed by atoms with van der Waals surface area (Å²) in [5, 5.41) is 15.5. The largest absolute Gasteiger partial charge is 0.354 e. The number of carbonyl (C=O) groups excluding carboxylic acids is 1. The van der Waals surface area contributed by atoms with Gasteiger partial charge in [-0.2, -0.15) is 5.10 Å². The summed E-state index contributed by atoms with van der Waals surface area (Å²) in [6, 6.07) is 7.34. The first-order chi connectivity index (χ1) is 13.2. The number of carbonyl (C=O) groups is 1. The maximum Gasteiger partial charge on any atom is 0.267 e. The maximum atomic E-state index is 12.2. The molecular weight excluding hydrogens is 344 g/mol. The highest BCUT2D eigenvalue weighted by atomic mass is 16.2. The highest BCUT2D eigenvalue weighted by Crippen LogP contribution is 2.16. The van der Waals surface area contributed by atoms with E-state index in [1.54, 1.807) is 6.07 Å². The smallest absolute Gasteiger partial charge is 0.267 e. The van der Waals surface area contributed by atoms with E-state index in [1.807, 2.05) is 28.8 Å². The quantitative estimate of drug-likeness (QED) is 0.678. The number of aromatic nitrogens is 5. The van der Waals surface area contributed by atoms with Crippen LogP contribution < -0.4 is 10.9 Å². The fourth-order valence-corrected chi connectivity index (χ4v) is 3.46. The summed E-state index contributed by atoms with van der Waals surface area (Å²) in [6.07, 6.45) is 7.55. The molecule has 1 aliphatic rings. The van der Waals surface area contributed by atoms with Crippen molar-refractivity contribution in [3.8, 4) is 0 Å². The number of nitrogens with zero attached hydrogens (tertiary/aromatic N) is 5. The van der Waals surface area contributed by atoms with Crippen molar-refractivity contribution in [3.05, 3.63) is 57.9 Å². The van der Waals surface area contributed by atoms with Crippen LogP contribution in [0, 0.1) is 0 Å². The van der Waals surface area contributed by atoms with Crippen LogP contribution in [0.5, 0.6) is 0 Å². The Morgan fingerprint density at radius 1 is 1.15 bits per heavy atom. The van der Waals surface area contributed by atoms with Gasteiger partial charge in [-0.15, -0.1) is 10.2 Å². The van der Waals surface area contributed by atoms with Crippen molar-refractivity contribution >= 4 is 11.6 Å². The lowest BCUT2D eigenvalue weighted by Crippen LogP contribution is -2.35. The average Bonchev–Trinajstić information content (AvgIpc) is 2.94. The Labute approximate surface area is 156 Å². The highest BCUT2D eigenvalue weighted by Gasteiger charge is 2.14. The molecule has 3 aromatic heterocycles. The SMILES string of the molecule is O=C(Cn1nc2c(cc1=O)CCCCC2)NCCc1nnc2ccccn12. The van der Waals surface area contributed by atoms with Crippen LogP contribution in [0.2, 0.25) is 0 Å². The first kappa shape index (κ1) is 17.4. The van der Waals surface area contributed by atoms with Gasteiger partial charge in [-0.25, -0.2) is 4.68 Å². The summed E-state index contributed by atoms with van der Waals surface area (Å²) in [7, 11) is 0. The van der Waals surface area contributed by atoms with Crippen LogP contribution in [0.15, 0.2) is 35.3 Å². The average molecular weight is 366 g/mol. The molecule has 0 saturated carbocycles. The molecule has 3 aromatic rings. The molecule has 0 aromatic carbocycles. The van der Waals surface area contributed by atoms with Gasteiger partial charge in [0.15, 0.2) is 5.65 Å². The highest BCUT2D eigenvalue weighted by molar-refractivity contribution is 5.75. The molecule has 1 amide bonds. The molecular formula is C19H22N6O2. The van der Waals surface area contributed by atoms with Crippen molar-refractivity contribution < 1.29 is 4.79 Å². The van der Waals surface area contributed by atoms with Gasteiger partial charge >= 0.3 is 0 Å². The minimum atomic E-state index is -0.230. The van der Waals surface area contributed by atoms with Gasteiger partial charge < -0.3 is 5.32 Å². The number of amides is 1. The summed E-state index contributed by atoms with van der Waals surface area (Å²) in [6.45, 7) is 0.362. The monoisotopic (exact) mass is 366 g/mol. The van der Waals surface area contributed by atoms with E-state index in [-0.39, 0.29) is 18.0 Å². The second-order valence-corrected chi connectivity index (χ2v) is 6.82. The standard InChI is InChI=1S/C19H22N6O2/c26-18(20-10-9-17-22-21-16-8-4-5-11-24(16)17)13-25-19(27)12-14-6-2-1-3-7-15(14)23-25/h4-5,8,11-12H,1-3,6-7,9-10,13H2,(H,20,26). The molecule has 27 heavy (non-hydrogen) atoms. The zero-order valence-electron chi connectivity index (χ0n) is 15.1. The molecule has 3 heterocycles. The van der Waals surface area contributed by atoms with E-state index in [0.29, 0.717) is 13.0 Å². The topological polar surface area (TPSA) is 94.2 Å². The van der Waals surface area contributed by atoms with Crippen molar-refractivity contribution in [1.29, 1.82) is 0 Å². The van der Waals surface area contributed by atoms with Gasteiger partial charge in [0.2, 0.25) is 5.91 Å². The molecule has 1 N–H and O–H groups in total. The second-order valence-electron chi connectivity index (χ2n) is 6.82. The van der Waals surface area contributed by atoms with E-state index < -0.39 is 0 Å². The number of rotatable bonds is 5. The van der Waals surface area contributed by atoms with Gasteiger partial charge in [0.1, 0.15) is 12.4 Å². The third-order valence-electron chi connectivity index (χ3n) is 4.87. The fourth-order valence-electron chi connectivity index (χ4n) is 3.46. The van der Waals surface area contributed by atoms with Crippen molar-refractivity contribution in [3.63, 3.8) is 0 Å². The second kappa shape index (κ2) is 7.69. The van der Waals surface area contributed by atoms with Crippen LogP contribution in [-0.4, -0.2) is 36.8 Å². The first-order valence-electron chi connectivity index (χ1n) is 9.36. The van der Waals surface area contributed by atoms with Crippen molar-refractivity contribution in [2.75, 3.05) is 6.54 Å². The zero-order chi connectivity index (χ0) is 18.6. The number of hydrogen-bond donors (Lipinski definition) is 1. The first-order valence-corrected chi connectivity index (χ1v) is 9.36. The Morgan fingerprint density at radius 3 is 2.96 bits per heavy atom. The predicted molar refractivity (Wildman–Crippen MR) is 99.5 cm³/mol. The lowest BCUT2D eigenvalue weighted by molar-refractivity contribution is -0.121. The molecule has 8 nitrogen and oxygen atoms in total. The Morgan fingerprint density at radius 2 is 2.04 bits per heavy atom. The Hall–Kier alpha value is -3.03. The number of hydrogen-bond acceptors (Lipinski definition) is 5. The third-order valence-corrected chi connectivity index (χ3v) is 4.87. The third kappa shape index (κ3) is 3.89. The molecule has 140 valence electrons. The van der Waals surface area contributed by atoms with E-state index in [9.17, 15) is 9.59 Å². The summed E-state index contributed by atoms with van der Waals surface area (Å²) in [5.41, 5.74) is 2.55. The minimum absolute atomic E-state index is 0.0628. The Balaban J connectivity index is 1.37. The molecule has 0 fully saturated rings. The van der Waals surface area contributed by atoms with Gasteiger partial charge in [-0.3, -0.25) is 14.0 Å². The van der Waals surface area contributed by atoms with Crippen molar-refractivity contribution in [2.24, 2.45) is 0 Å². The van der Waals surface area contributed by atoms with Gasteiger partial charge in [-0.05, 0) is 43.4 Å². The molecule has 0 saturated heterocycles. The molecule has 8 heteroatoms. The van der Waals surface area contributed by atoms with E-state index in [0.717, 1.165) is 54.8 Å². The lowest BCUT2D eigenvalue weighted by Gasteiger charge is -2.10. The predicted octanol–water partition coefficient (Wildman–Crippen LogP) is 0.914. The van der Waals surface area contributed by atoms with Gasteiger partial charge in [0, 0.05) is 25.2 Å². The molecule has 0 bridgehead atoms. The van der Waals surface area contributed by atoms with Crippen molar-refractivity contribution in [2.45, 2.75) is 45.1 Å². The Kier molecular flexibility index (Phi) is 4.95. The molecule has 0 spiro atoms. The zero-order valence-corrected chi connectivity index (χ0v) is 15.1. The molecule has 0 atom stereocenters. The van der Waals surface area contributed by atoms with Gasteiger partial charge in [-0.1, -0.05) is 12.5 Å². The van der Waals surface area contributed by atoms with Crippen LogP contribution >= 0.6 is 0 Å². The van der Waals surface area contributed by atoms with Gasteiger partial charge in [0.25, 0.3) is 5.56 Å². The number of nitrogens with one attached hydrogen (secondary N) is 1. The molecule has 4 rings (SSSR count). The lowest BCUT2D eigenvalue weighted by atomic mass is 10.1. The summed E-state index contributed by atoms with van der Waals surface area (Å²) < 4.78 is 3.16. The van der Waals surface area contributed by atoms with Crippen LogP contribution in [0.25, 0.3) is 5.65 Å². The number of aryl methyl sites for hydroxylation is 2. The van der Waals surface area contributed by atoms with E-state index >= 15 is 0 Å². The van der Waals surface area contributed by atoms with Crippen LogP contribution in [-0.2, 0) is 30.6 Å². The summed E-state index contributed by atoms with van der Waals surface area (Å²) in [5.74, 6) is 0.554. The van der Waals surface area contributed by atoms with Crippen LogP contribution in [0.3, 0.4) is 0 Å². The molecule has 0 radical (unpaired) electrons. The summed E-state index contributed by atoms with van der Waals surface area (Å²) >= 11 is 0. The molecule has 1 aliphatic carbocycles. The fraction of sp³-hybridized carbons (Fsp3) is 0.421.